The molecule has 3 heterocycles. The Morgan fingerprint density at radius 2 is 1.59 bits per heavy atom. The quantitative estimate of drug-likeness (QED) is 0.187. The topological polar surface area (TPSA) is 220 Å². The maximum atomic E-state index is 11.5. The van der Waals surface area contributed by atoms with Gasteiger partial charge in [-0.2, -0.15) is 0 Å². The van der Waals surface area contributed by atoms with Crippen molar-refractivity contribution in [2.24, 2.45) is 0 Å². The first kappa shape index (κ1) is 25.3. The van der Waals surface area contributed by atoms with E-state index in [1.165, 1.54) is 0 Å². The van der Waals surface area contributed by atoms with Crippen molar-refractivity contribution in [3.05, 3.63) is 28.3 Å². The summed E-state index contributed by atoms with van der Waals surface area (Å²) >= 11 is 0.949. The molecule has 0 aliphatic carbocycles. The Morgan fingerprint density at radius 3 is 2.22 bits per heavy atom. The predicted molar refractivity (Wildman–Crippen MR) is 104 cm³/mol. The summed E-state index contributed by atoms with van der Waals surface area (Å²) in [6.07, 6.45) is -12.8. The molecule has 0 bridgehead atoms. The van der Waals surface area contributed by atoms with Crippen LogP contribution in [0.25, 0.3) is 0 Å². The van der Waals surface area contributed by atoms with E-state index in [0.29, 0.717) is 0 Å². The summed E-state index contributed by atoms with van der Waals surface area (Å²) in [5, 5.41) is 79.1. The highest BCUT2D eigenvalue weighted by molar-refractivity contribution is 7.99. The van der Waals surface area contributed by atoms with Crippen molar-refractivity contribution < 1.29 is 59.5 Å². The summed E-state index contributed by atoms with van der Waals surface area (Å²) in [7, 11) is 0. The second-order valence-corrected chi connectivity index (χ2v) is 8.50. The van der Waals surface area contributed by atoms with Gasteiger partial charge in [0.25, 0.3) is 0 Å². The van der Waals surface area contributed by atoms with E-state index in [2.05, 4.69) is 0 Å². The molecule has 32 heavy (non-hydrogen) atoms. The first-order chi connectivity index (χ1) is 15.2. The molecule has 182 valence electrons. The maximum Gasteiger partial charge on any atom is 0.226 e. The predicted octanol–water partition coefficient (Wildman–Crippen LogP) is -3.80. The van der Waals surface area contributed by atoms with Gasteiger partial charge in [0.05, 0.1) is 19.0 Å². The van der Waals surface area contributed by atoms with Crippen molar-refractivity contribution in [3.63, 3.8) is 0 Å². The summed E-state index contributed by atoms with van der Waals surface area (Å²) in [6.45, 7) is -1.34. The van der Waals surface area contributed by atoms with Crippen LogP contribution in [0.2, 0.25) is 0 Å². The summed E-state index contributed by atoms with van der Waals surface area (Å²) in [5.74, 6) is -0.361. The fourth-order valence-corrected chi connectivity index (χ4v) is 4.44. The average Bonchev–Trinajstić information content (AvgIpc) is 2.78. The van der Waals surface area contributed by atoms with E-state index in [9.17, 15) is 45.6 Å². The standard InChI is InChI=1S/C18H26O13S/c19-2-9-11(23)12(24)14(26)17(29-9)31-16-10(3-20)30-18(15(27)13(16)25)32-5-6-1-7(21)8(22)4-28-6/h1,4,9-20,22-27H,2-3,5H2/t9-,10-,11+,12+,13-,14-,15-,16-,17+,18+/m1/s1. The normalized spacial score (nSPS) is 40.3. The van der Waals surface area contributed by atoms with Crippen LogP contribution in [-0.4, -0.2) is 115 Å². The molecule has 0 saturated carbocycles. The van der Waals surface area contributed by atoms with E-state index in [4.69, 9.17) is 18.6 Å². The van der Waals surface area contributed by atoms with E-state index in [-0.39, 0.29) is 11.5 Å². The third-order valence-corrected chi connectivity index (χ3v) is 6.39. The minimum atomic E-state index is -1.75. The zero-order chi connectivity index (χ0) is 23.6. The Bertz CT molecular complexity index is 801. The lowest BCUT2D eigenvalue weighted by Crippen LogP contribution is -2.64. The van der Waals surface area contributed by atoms with Gasteiger partial charge < -0.3 is 59.5 Å². The van der Waals surface area contributed by atoms with Gasteiger partial charge in [-0.15, -0.1) is 11.8 Å². The molecule has 2 saturated heterocycles. The fourth-order valence-electron chi connectivity index (χ4n) is 3.38. The number of aliphatic hydroxyl groups excluding tert-OH is 7. The fraction of sp³-hybridized carbons (Fsp3) is 0.722. The molecule has 3 rings (SSSR count). The molecular formula is C18H26O13S. The Kier molecular flexibility index (Phi) is 8.51. The number of rotatable bonds is 7. The summed E-state index contributed by atoms with van der Waals surface area (Å²) in [6, 6.07) is 1.06. The zero-order valence-corrected chi connectivity index (χ0v) is 17.4. The van der Waals surface area contributed by atoms with Crippen LogP contribution in [0.4, 0.5) is 0 Å². The lowest BCUT2D eigenvalue weighted by Gasteiger charge is -2.46. The summed E-state index contributed by atoms with van der Waals surface area (Å²) < 4.78 is 21.4. The molecule has 1 aromatic rings. The Hall–Kier alpha value is -1.30. The van der Waals surface area contributed by atoms with Crippen molar-refractivity contribution in [1.82, 2.24) is 0 Å². The van der Waals surface area contributed by atoms with Gasteiger partial charge in [0, 0.05) is 6.07 Å². The minimum Gasteiger partial charge on any atom is -0.502 e. The van der Waals surface area contributed by atoms with E-state index < -0.39 is 84.9 Å². The summed E-state index contributed by atoms with van der Waals surface area (Å²) in [4.78, 5) is 11.5. The SMILES string of the molecule is O=c1cc(CS[C@@H]2O[C@H](CO)[C@@H](O[C@@H]3O[C@H](CO)[C@H](O)[C@H](O)[C@H]3O)[C@H](O)[C@H]2O)occ1O. The molecule has 0 unspecified atom stereocenters. The maximum absolute atomic E-state index is 11.5. The van der Waals surface area contributed by atoms with Crippen LogP contribution < -0.4 is 5.43 Å². The number of hydrogen-bond acceptors (Lipinski definition) is 14. The molecule has 10 atom stereocenters. The van der Waals surface area contributed by atoms with Crippen LogP contribution >= 0.6 is 11.8 Å². The van der Waals surface area contributed by atoms with E-state index in [0.717, 1.165) is 24.1 Å². The van der Waals surface area contributed by atoms with Gasteiger partial charge in [0.2, 0.25) is 5.43 Å². The highest BCUT2D eigenvalue weighted by Crippen LogP contribution is 2.33. The van der Waals surface area contributed by atoms with Crippen LogP contribution in [-0.2, 0) is 20.0 Å². The van der Waals surface area contributed by atoms with Crippen molar-refractivity contribution >= 4 is 11.8 Å². The van der Waals surface area contributed by atoms with Gasteiger partial charge in [-0.3, -0.25) is 4.79 Å². The van der Waals surface area contributed by atoms with Crippen molar-refractivity contribution in [2.45, 2.75) is 66.3 Å². The molecule has 1 aromatic heterocycles. The third-order valence-electron chi connectivity index (χ3n) is 5.22. The lowest BCUT2D eigenvalue weighted by molar-refractivity contribution is -0.338. The number of aromatic hydroxyl groups is 1. The highest BCUT2D eigenvalue weighted by atomic mass is 32.2. The molecular weight excluding hydrogens is 456 g/mol. The molecule has 13 nitrogen and oxygen atoms in total. The van der Waals surface area contributed by atoms with Crippen LogP contribution in [0, 0.1) is 0 Å². The van der Waals surface area contributed by atoms with Gasteiger partial charge in [0.1, 0.15) is 66.3 Å². The van der Waals surface area contributed by atoms with Crippen LogP contribution in [0.1, 0.15) is 5.76 Å². The Morgan fingerprint density at radius 1 is 0.906 bits per heavy atom. The molecule has 2 fully saturated rings. The van der Waals surface area contributed by atoms with Crippen molar-refractivity contribution in [3.8, 4) is 5.75 Å². The van der Waals surface area contributed by atoms with Crippen LogP contribution in [0.5, 0.6) is 5.75 Å². The minimum absolute atomic E-state index is 0.0281. The zero-order valence-electron chi connectivity index (χ0n) is 16.6. The first-order valence-corrected chi connectivity index (χ1v) is 10.7. The number of ether oxygens (including phenoxy) is 3. The van der Waals surface area contributed by atoms with Crippen LogP contribution in [0.15, 0.2) is 21.5 Å². The molecule has 0 radical (unpaired) electrons. The monoisotopic (exact) mass is 482 g/mol. The van der Waals surface area contributed by atoms with E-state index >= 15 is 0 Å². The smallest absolute Gasteiger partial charge is 0.226 e. The Labute approximate surface area is 185 Å². The van der Waals surface area contributed by atoms with Gasteiger partial charge >= 0.3 is 0 Å². The number of aliphatic hydroxyl groups is 7. The van der Waals surface area contributed by atoms with Crippen molar-refractivity contribution in [1.29, 1.82) is 0 Å². The number of hydrogen-bond donors (Lipinski definition) is 8. The summed E-state index contributed by atoms with van der Waals surface area (Å²) in [5.41, 5.74) is -1.73. The molecule has 0 amide bonds. The molecule has 0 aromatic carbocycles. The molecule has 0 spiro atoms. The molecule has 2 aliphatic heterocycles. The molecule has 14 heteroatoms. The van der Waals surface area contributed by atoms with Gasteiger partial charge in [0.15, 0.2) is 12.0 Å². The lowest BCUT2D eigenvalue weighted by atomic mass is 9.97. The first-order valence-electron chi connectivity index (χ1n) is 9.68. The second kappa shape index (κ2) is 10.8. The third kappa shape index (κ3) is 5.26. The van der Waals surface area contributed by atoms with Gasteiger partial charge in [-0.1, -0.05) is 0 Å². The average molecular weight is 482 g/mol. The van der Waals surface area contributed by atoms with Gasteiger partial charge in [-0.25, -0.2) is 0 Å². The molecule has 8 N–H and O–H groups in total. The Balaban J connectivity index is 1.66. The second-order valence-electron chi connectivity index (χ2n) is 7.41. The highest BCUT2D eigenvalue weighted by Gasteiger charge is 2.50. The van der Waals surface area contributed by atoms with E-state index in [1.54, 1.807) is 0 Å². The van der Waals surface area contributed by atoms with Crippen molar-refractivity contribution in [2.75, 3.05) is 13.2 Å². The largest absolute Gasteiger partial charge is 0.502 e. The molecule has 2 aliphatic rings. The van der Waals surface area contributed by atoms with Crippen LogP contribution in [0.3, 0.4) is 0 Å². The van der Waals surface area contributed by atoms with Gasteiger partial charge in [-0.05, 0) is 0 Å². The van der Waals surface area contributed by atoms with E-state index in [1.807, 2.05) is 0 Å². The number of thioether (sulfide) groups is 1.